The molecule has 0 aliphatic rings. The van der Waals surface area contributed by atoms with Crippen LogP contribution in [0.5, 0.6) is 0 Å². The molecule has 0 fully saturated rings. The first-order valence-corrected chi connectivity index (χ1v) is 5.72. The molecule has 0 aliphatic carbocycles. The van der Waals surface area contributed by atoms with Crippen molar-refractivity contribution in [1.82, 2.24) is 9.97 Å². The van der Waals surface area contributed by atoms with Crippen molar-refractivity contribution in [2.75, 3.05) is 23.4 Å². The number of aromatic nitrogens is 2. The molecule has 2 aromatic rings. The Labute approximate surface area is 106 Å². The van der Waals surface area contributed by atoms with E-state index in [0.29, 0.717) is 18.1 Å². The van der Waals surface area contributed by atoms with Gasteiger partial charge in [-0.3, -0.25) is 4.98 Å². The number of hydrogen-bond acceptors (Lipinski definition) is 5. The van der Waals surface area contributed by atoms with Crippen molar-refractivity contribution in [2.45, 2.75) is 13.5 Å². The van der Waals surface area contributed by atoms with Gasteiger partial charge in [0.2, 0.25) is 0 Å². The Morgan fingerprint density at radius 1 is 1.11 bits per heavy atom. The SMILES string of the molecule is Cc1cccc(CN(C)c2ccc(N)c(N)n2)n1. The predicted octanol–water partition coefficient (Wildman–Crippen LogP) is 1.59. The van der Waals surface area contributed by atoms with Gasteiger partial charge in [-0.15, -0.1) is 0 Å². The van der Waals surface area contributed by atoms with Crippen LogP contribution in [0, 0.1) is 6.92 Å². The zero-order valence-electron chi connectivity index (χ0n) is 10.6. The van der Waals surface area contributed by atoms with Gasteiger partial charge < -0.3 is 16.4 Å². The van der Waals surface area contributed by atoms with Gasteiger partial charge >= 0.3 is 0 Å². The molecule has 0 aliphatic heterocycles. The fourth-order valence-corrected chi connectivity index (χ4v) is 1.70. The van der Waals surface area contributed by atoms with Crippen molar-refractivity contribution in [3.05, 3.63) is 41.7 Å². The molecule has 5 nitrogen and oxygen atoms in total. The minimum absolute atomic E-state index is 0.358. The van der Waals surface area contributed by atoms with Crippen LogP contribution in [-0.2, 0) is 6.54 Å². The molecular formula is C13H17N5. The van der Waals surface area contributed by atoms with Crippen LogP contribution >= 0.6 is 0 Å². The minimum Gasteiger partial charge on any atom is -0.396 e. The van der Waals surface area contributed by atoms with Gasteiger partial charge in [-0.1, -0.05) is 6.07 Å². The normalized spacial score (nSPS) is 10.3. The van der Waals surface area contributed by atoms with E-state index >= 15 is 0 Å². The molecule has 2 heterocycles. The van der Waals surface area contributed by atoms with Gasteiger partial charge in [0.05, 0.1) is 17.9 Å². The van der Waals surface area contributed by atoms with Gasteiger partial charge in [0.15, 0.2) is 0 Å². The average Bonchev–Trinajstić information content (AvgIpc) is 2.32. The number of pyridine rings is 2. The third kappa shape index (κ3) is 2.68. The monoisotopic (exact) mass is 243 g/mol. The lowest BCUT2D eigenvalue weighted by molar-refractivity contribution is 0.860. The minimum atomic E-state index is 0.358. The van der Waals surface area contributed by atoms with Gasteiger partial charge in [-0.25, -0.2) is 4.98 Å². The number of hydrogen-bond donors (Lipinski definition) is 2. The lowest BCUT2D eigenvalue weighted by atomic mass is 10.3. The largest absolute Gasteiger partial charge is 0.396 e. The number of rotatable bonds is 3. The highest BCUT2D eigenvalue weighted by Crippen LogP contribution is 2.18. The van der Waals surface area contributed by atoms with Crippen LogP contribution < -0.4 is 16.4 Å². The standard InChI is InChI=1S/C13H17N5/c1-9-4-3-5-10(16-9)8-18(2)12-7-6-11(14)13(15)17-12/h3-7H,8,14H2,1-2H3,(H2,15,17). The van der Waals surface area contributed by atoms with E-state index in [-0.39, 0.29) is 0 Å². The fourth-order valence-electron chi connectivity index (χ4n) is 1.70. The lowest BCUT2D eigenvalue weighted by Crippen LogP contribution is -2.19. The molecule has 0 saturated heterocycles. The quantitative estimate of drug-likeness (QED) is 0.855. The second-order valence-electron chi connectivity index (χ2n) is 4.27. The van der Waals surface area contributed by atoms with E-state index in [9.17, 15) is 0 Å². The highest BCUT2D eigenvalue weighted by molar-refractivity contribution is 5.62. The lowest BCUT2D eigenvalue weighted by Gasteiger charge is -2.18. The molecule has 18 heavy (non-hydrogen) atoms. The van der Waals surface area contributed by atoms with Gasteiger partial charge in [0, 0.05) is 12.7 Å². The number of nitrogen functional groups attached to an aromatic ring is 2. The van der Waals surface area contributed by atoms with E-state index in [1.807, 2.05) is 43.1 Å². The van der Waals surface area contributed by atoms with Crippen molar-refractivity contribution in [3.8, 4) is 0 Å². The molecule has 0 unspecified atom stereocenters. The fraction of sp³-hybridized carbons (Fsp3) is 0.231. The smallest absolute Gasteiger partial charge is 0.149 e. The molecule has 2 aromatic heterocycles. The summed E-state index contributed by atoms with van der Waals surface area (Å²) in [5, 5.41) is 0. The van der Waals surface area contributed by atoms with Crippen LogP contribution in [-0.4, -0.2) is 17.0 Å². The average molecular weight is 243 g/mol. The third-order valence-electron chi connectivity index (χ3n) is 2.68. The van der Waals surface area contributed by atoms with E-state index < -0.39 is 0 Å². The molecule has 5 heteroatoms. The van der Waals surface area contributed by atoms with E-state index in [1.54, 1.807) is 6.07 Å². The van der Waals surface area contributed by atoms with Crippen LogP contribution in [0.2, 0.25) is 0 Å². The molecule has 0 aromatic carbocycles. The van der Waals surface area contributed by atoms with Crippen molar-refractivity contribution in [3.63, 3.8) is 0 Å². The molecule has 0 radical (unpaired) electrons. The van der Waals surface area contributed by atoms with Crippen molar-refractivity contribution >= 4 is 17.3 Å². The summed E-state index contributed by atoms with van der Waals surface area (Å²) in [5.74, 6) is 1.14. The van der Waals surface area contributed by atoms with E-state index in [1.165, 1.54) is 0 Å². The summed E-state index contributed by atoms with van der Waals surface area (Å²) in [5.41, 5.74) is 13.8. The summed E-state index contributed by atoms with van der Waals surface area (Å²) in [6.07, 6.45) is 0. The van der Waals surface area contributed by atoms with Crippen LogP contribution in [0.3, 0.4) is 0 Å². The van der Waals surface area contributed by atoms with Crippen LogP contribution in [0.25, 0.3) is 0 Å². The van der Waals surface area contributed by atoms with Crippen molar-refractivity contribution in [2.24, 2.45) is 0 Å². The topological polar surface area (TPSA) is 81.1 Å². The number of anilines is 3. The first-order chi connectivity index (χ1) is 8.56. The Bertz CT molecular complexity index is 553. The molecule has 0 amide bonds. The van der Waals surface area contributed by atoms with E-state index in [4.69, 9.17) is 11.5 Å². The zero-order chi connectivity index (χ0) is 13.1. The molecular weight excluding hydrogens is 226 g/mol. The number of aryl methyl sites for hydroxylation is 1. The van der Waals surface area contributed by atoms with Crippen LogP contribution in [0.15, 0.2) is 30.3 Å². The maximum Gasteiger partial charge on any atom is 0.149 e. The Morgan fingerprint density at radius 2 is 1.89 bits per heavy atom. The molecule has 0 saturated carbocycles. The first-order valence-electron chi connectivity index (χ1n) is 5.72. The van der Waals surface area contributed by atoms with E-state index in [2.05, 4.69) is 9.97 Å². The zero-order valence-corrected chi connectivity index (χ0v) is 10.6. The second-order valence-corrected chi connectivity index (χ2v) is 4.27. The highest BCUT2D eigenvalue weighted by Gasteiger charge is 2.06. The molecule has 94 valence electrons. The maximum atomic E-state index is 5.70. The molecule has 4 N–H and O–H groups in total. The maximum absolute atomic E-state index is 5.70. The van der Waals surface area contributed by atoms with Gasteiger partial charge in [0.1, 0.15) is 11.6 Å². The third-order valence-corrected chi connectivity index (χ3v) is 2.68. The summed E-state index contributed by atoms with van der Waals surface area (Å²) in [4.78, 5) is 10.7. The summed E-state index contributed by atoms with van der Waals surface area (Å²) < 4.78 is 0. The Balaban J connectivity index is 2.16. The van der Waals surface area contributed by atoms with Gasteiger partial charge in [0.25, 0.3) is 0 Å². The Kier molecular flexibility index (Phi) is 3.32. The predicted molar refractivity (Wildman–Crippen MR) is 74.1 cm³/mol. The summed E-state index contributed by atoms with van der Waals surface area (Å²) in [6, 6.07) is 9.57. The van der Waals surface area contributed by atoms with Crippen molar-refractivity contribution < 1.29 is 0 Å². The Morgan fingerprint density at radius 3 is 2.56 bits per heavy atom. The highest BCUT2D eigenvalue weighted by atomic mass is 15.2. The second kappa shape index (κ2) is 4.91. The van der Waals surface area contributed by atoms with Crippen molar-refractivity contribution in [1.29, 1.82) is 0 Å². The summed E-state index contributed by atoms with van der Waals surface area (Å²) in [7, 11) is 1.95. The molecule has 2 rings (SSSR count). The summed E-state index contributed by atoms with van der Waals surface area (Å²) >= 11 is 0. The van der Waals surface area contributed by atoms with Gasteiger partial charge in [-0.05, 0) is 31.2 Å². The van der Waals surface area contributed by atoms with Crippen LogP contribution in [0.4, 0.5) is 17.3 Å². The first kappa shape index (κ1) is 12.2. The van der Waals surface area contributed by atoms with Gasteiger partial charge in [-0.2, -0.15) is 0 Å². The van der Waals surface area contributed by atoms with E-state index in [0.717, 1.165) is 17.2 Å². The number of nitrogens with two attached hydrogens (primary N) is 2. The summed E-state index contributed by atoms with van der Waals surface area (Å²) in [6.45, 7) is 2.65. The molecule has 0 atom stereocenters. The Hall–Kier alpha value is -2.30. The molecule has 0 bridgehead atoms. The number of nitrogens with zero attached hydrogens (tertiary/aromatic N) is 3. The molecule has 0 spiro atoms. The van der Waals surface area contributed by atoms with Crippen LogP contribution in [0.1, 0.15) is 11.4 Å².